The molecule has 3 heterocycles. The van der Waals surface area contributed by atoms with Crippen molar-refractivity contribution in [3.8, 4) is 0 Å². The average molecular weight is 192 g/mol. The zero-order valence-corrected chi connectivity index (χ0v) is 8.80. The third-order valence-corrected chi connectivity index (χ3v) is 8.27. The van der Waals surface area contributed by atoms with Crippen molar-refractivity contribution in [2.24, 2.45) is 5.41 Å². The molecule has 0 spiro atoms. The van der Waals surface area contributed by atoms with Crippen molar-refractivity contribution in [2.75, 3.05) is 17.3 Å². The van der Waals surface area contributed by atoms with Crippen LogP contribution in [0.25, 0.3) is 0 Å². The van der Waals surface area contributed by atoms with Crippen LogP contribution in [0.5, 0.6) is 0 Å². The van der Waals surface area contributed by atoms with Crippen LogP contribution in [0.15, 0.2) is 0 Å². The quantitative estimate of drug-likeness (QED) is 0.579. The Hall–Kier alpha value is 1.05. The zero-order chi connectivity index (χ0) is 7.24. The second-order valence-corrected chi connectivity index (χ2v) is 8.50. The molecule has 3 rings (SSSR count). The van der Waals surface area contributed by atoms with Gasteiger partial charge in [0.25, 0.3) is 0 Å². The Kier molecular flexibility index (Phi) is 1.74. The first-order valence-electron chi connectivity index (χ1n) is 3.54. The highest BCUT2D eigenvalue weighted by atomic mass is 32.3. The maximum atomic E-state index is 2.42. The second kappa shape index (κ2) is 2.27. The first-order chi connectivity index (χ1) is 4.62. The maximum Gasteiger partial charge on any atom is 0.104 e. The largest absolute Gasteiger partial charge is 0.133 e. The molecule has 3 aliphatic heterocycles. The lowest BCUT2D eigenvalue weighted by atomic mass is 9.99. The van der Waals surface area contributed by atoms with E-state index in [4.69, 9.17) is 0 Å². The lowest BCUT2D eigenvalue weighted by Gasteiger charge is -2.48. The van der Waals surface area contributed by atoms with Crippen LogP contribution in [0.4, 0.5) is 0 Å². The fourth-order valence-corrected chi connectivity index (χ4v) is 6.06. The van der Waals surface area contributed by atoms with Crippen LogP contribution >= 0.6 is 35.3 Å². The highest BCUT2D eigenvalue weighted by Crippen LogP contribution is 2.60. The van der Waals surface area contributed by atoms with E-state index in [1.165, 1.54) is 17.3 Å². The number of hydrogen-bond donors (Lipinski definition) is 0. The van der Waals surface area contributed by atoms with E-state index in [9.17, 15) is 0 Å². The summed E-state index contributed by atoms with van der Waals surface area (Å²) in [6, 6.07) is 0. The van der Waals surface area contributed by atoms with Crippen molar-refractivity contribution < 1.29 is 0 Å². The summed E-state index contributed by atoms with van der Waals surface area (Å²) in [5, 5.41) is 0. The Bertz CT molecular complexity index is 112. The van der Waals surface area contributed by atoms with Gasteiger partial charge < -0.3 is 0 Å². The van der Waals surface area contributed by atoms with Gasteiger partial charge in [0.15, 0.2) is 0 Å². The normalized spacial score (nSPS) is 53.4. The van der Waals surface area contributed by atoms with Crippen molar-refractivity contribution >= 4 is 35.3 Å². The lowest BCUT2D eigenvalue weighted by molar-refractivity contribution is 0.492. The smallest absolute Gasteiger partial charge is 0.104 e. The van der Waals surface area contributed by atoms with E-state index in [1.807, 2.05) is 0 Å². The molecule has 3 saturated heterocycles. The molecule has 0 atom stereocenters. The molecule has 0 aliphatic carbocycles. The van der Waals surface area contributed by atoms with E-state index in [0.29, 0.717) is 8.83 Å². The van der Waals surface area contributed by atoms with Gasteiger partial charge in [-0.3, -0.25) is 0 Å². The Morgan fingerprint density at radius 3 is 1.60 bits per heavy atom. The third kappa shape index (κ3) is 1.21. The summed E-state index contributed by atoms with van der Waals surface area (Å²) in [7, 11) is 0. The molecular formula is C7H12S3. The van der Waals surface area contributed by atoms with Gasteiger partial charge in [0.1, 0.15) is 3.41 Å². The van der Waals surface area contributed by atoms with E-state index in [1.54, 1.807) is 0 Å². The maximum absolute atomic E-state index is 2.42. The molecule has 0 N–H and O–H groups in total. The molecule has 0 unspecified atom stereocenters. The van der Waals surface area contributed by atoms with E-state index >= 15 is 0 Å². The highest BCUT2D eigenvalue weighted by Gasteiger charge is 2.45. The molecule has 0 aromatic heterocycles. The molecular weight excluding hydrogens is 180 g/mol. The van der Waals surface area contributed by atoms with Gasteiger partial charge in [-0.1, -0.05) is 6.92 Å². The zero-order valence-electron chi connectivity index (χ0n) is 6.35. The molecule has 58 valence electrons. The molecule has 3 fully saturated rings. The Morgan fingerprint density at radius 1 is 0.900 bits per heavy atom. The van der Waals surface area contributed by atoms with E-state index in [2.05, 4.69) is 49.1 Å². The monoisotopic (exact) mass is 192 g/mol. The van der Waals surface area contributed by atoms with Crippen LogP contribution in [0.1, 0.15) is 13.8 Å². The van der Waals surface area contributed by atoms with Gasteiger partial charge in [-0.15, -0.1) is 35.3 Å². The minimum atomic E-state index is 0.512. The second-order valence-electron chi connectivity index (χ2n) is 3.54. The summed E-state index contributed by atoms with van der Waals surface area (Å²) in [6.07, 6.45) is 0. The van der Waals surface area contributed by atoms with Gasteiger partial charge in [0.05, 0.1) is 0 Å². The van der Waals surface area contributed by atoms with E-state index in [0.717, 1.165) is 0 Å². The van der Waals surface area contributed by atoms with Gasteiger partial charge in [-0.05, 0) is 12.3 Å². The fraction of sp³-hybridized carbons (Fsp3) is 1.00. The summed E-state index contributed by atoms with van der Waals surface area (Å²) >= 11 is 6.42. The molecule has 2 bridgehead atoms. The van der Waals surface area contributed by atoms with Gasteiger partial charge in [-0.25, -0.2) is 0 Å². The van der Waals surface area contributed by atoms with E-state index < -0.39 is 0 Å². The van der Waals surface area contributed by atoms with Gasteiger partial charge >= 0.3 is 0 Å². The topological polar surface area (TPSA) is 0 Å². The van der Waals surface area contributed by atoms with Crippen LogP contribution in [0.2, 0.25) is 0 Å². The molecule has 0 aromatic carbocycles. The van der Waals surface area contributed by atoms with Crippen LogP contribution in [0, 0.1) is 5.41 Å². The highest BCUT2D eigenvalue weighted by molar-refractivity contribution is 8.34. The molecule has 3 heteroatoms. The summed E-state index contributed by atoms with van der Waals surface area (Å²) in [4.78, 5) is 0. The first-order valence-corrected chi connectivity index (χ1v) is 6.50. The molecule has 0 saturated carbocycles. The third-order valence-electron chi connectivity index (χ3n) is 2.05. The standard InChI is InChI=1S/C7H12S3/c1-6-3-8-7(2,9-4-6)10-5-6/h3-5H2,1-2H3. The summed E-state index contributed by atoms with van der Waals surface area (Å²) in [6.45, 7) is 4.78. The summed E-state index contributed by atoms with van der Waals surface area (Å²) < 4.78 is 0.512. The van der Waals surface area contributed by atoms with Crippen LogP contribution in [-0.4, -0.2) is 20.7 Å². The predicted octanol–water partition coefficient (Wildman–Crippen LogP) is 2.89. The molecule has 0 radical (unpaired) electrons. The van der Waals surface area contributed by atoms with Crippen LogP contribution in [-0.2, 0) is 0 Å². The van der Waals surface area contributed by atoms with Crippen LogP contribution < -0.4 is 0 Å². The molecule has 3 aliphatic rings. The number of fused-ring (bicyclic) bond motifs is 3. The SMILES string of the molecule is CC12CSC(C)(SC1)SC2. The van der Waals surface area contributed by atoms with Gasteiger partial charge in [-0.2, -0.15) is 0 Å². The van der Waals surface area contributed by atoms with Crippen molar-refractivity contribution in [3.05, 3.63) is 0 Å². The lowest BCUT2D eigenvalue weighted by Crippen LogP contribution is -2.41. The number of thioether (sulfide) groups is 3. The average Bonchev–Trinajstić information content (AvgIpc) is 1.93. The molecule has 10 heavy (non-hydrogen) atoms. The Labute approximate surface area is 75.3 Å². The molecule has 0 nitrogen and oxygen atoms in total. The van der Waals surface area contributed by atoms with Crippen molar-refractivity contribution in [3.63, 3.8) is 0 Å². The molecule has 0 amide bonds. The summed E-state index contributed by atoms with van der Waals surface area (Å²) in [5.74, 6) is 4.14. The van der Waals surface area contributed by atoms with Gasteiger partial charge in [0.2, 0.25) is 0 Å². The van der Waals surface area contributed by atoms with Gasteiger partial charge in [0, 0.05) is 17.3 Å². The van der Waals surface area contributed by atoms with Crippen molar-refractivity contribution in [1.29, 1.82) is 0 Å². The first kappa shape index (κ1) is 7.69. The predicted molar refractivity (Wildman–Crippen MR) is 53.9 cm³/mol. The van der Waals surface area contributed by atoms with Crippen molar-refractivity contribution in [2.45, 2.75) is 17.3 Å². The number of hydrogen-bond acceptors (Lipinski definition) is 3. The minimum Gasteiger partial charge on any atom is -0.133 e. The fourth-order valence-electron chi connectivity index (χ4n) is 1.17. The van der Waals surface area contributed by atoms with Crippen molar-refractivity contribution in [1.82, 2.24) is 0 Å². The Morgan fingerprint density at radius 2 is 1.30 bits per heavy atom. The Balaban J connectivity index is 2.16. The number of rotatable bonds is 0. The molecule has 0 aromatic rings. The van der Waals surface area contributed by atoms with Crippen LogP contribution in [0.3, 0.4) is 0 Å². The summed E-state index contributed by atoms with van der Waals surface area (Å²) in [5.41, 5.74) is 0.651. The minimum absolute atomic E-state index is 0.512. The van der Waals surface area contributed by atoms with E-state index in [-0.39, 0.29) is 0 Å².